The maximum atomic E-state index is 11.9. The van der Waals surface area contributed by atoms with Crippen molar-refractivity contribution in [2.45, 2.75) is 50.7 Å². The first-order chi connectivity index (χ1) is 12.7. The van der Waals surface area contributed by atoms with E-state index in [2.05, 4.69) is 16.0 Å². The quantitative estimate of drug-likeness (QED) is 0.723. The van der Waals surface area contributed by atoms with E-state index in [-0.39, 0.29) is 30.5 Å². The predicted molar refractivity (Wildman–Crippen MR) is 97.4 cm³/mol. The zero-order chi connectivity index (χ0) is 18.2. The van der Waals surface area contributed by atoms with Gasteiger partial charge in [0.1, 0.15) is 12.7 Å². The fraction of sp³-hybridized carbons (Fsp3) is 0.579. The summed E-state index contributed by atoms with van der Waals surface area (Å²) in [5.74, 6) is 1.30. The number of carbonyl (C=O) groups is 2. The van der Waals surface area contributed by atoms with Gasteiger partial charge in [0.05, 0.1) is 6.54 Å². The normalized spacial score (nSPS) is 19.5. The molecular weight excluding hydrogens is 334 g/mol. The standard InChI is InChI=1S/C19H27N3O4/c23-18(10-11-20-19(24)22-14-6-2-1-3-7-14)21-12-15-13-25-16-8-4-5-9-17(16)26-15/h4-5,8-9,14-15H,1-3,6-7,10-13H2,(H,21,23)(H2,20,22,24). The number of urea groups is 1. The summed E-state index contributed by atoms with van der Waals surface area (Å²) in [6.45, 7) is 1.09. The smallest absolute Gasteiger partial charge is 0.315 e. The Hall–Kier alpha value is -2.44. The van der Waals surface area contributed by atoms with E-state index in [1.165, 1.54) is 19.3 Å². The molecule has 0 aromatic heterocycles. The average Bonchev–Trinajstić information content (AvgIpc) is 2.67. The molecular formula is C19H27N3O4. The third-order valence-electron chi connectivity index (χ3n) is 4.67. The molecule has 2 aliphatic rings. The van der Waals surface area contributed by atoms with Gasteiger partial charge in [0, 0.05) is 19.0 Å². The van der Waals surface area contributed by atoms with E-state index in [1.54, 1.807) is 0 Å². The summed E-state index contributed by atoms with van der Waals surface area (Å²) in [4.78, 5) is 23.7. The molecule has 7 heteroatoms. The Morgan fingerprint density at radius 1 is 1.04 bits per heavy atom. The Kier molecular flexibility index (Phi) is 6.57. The van der Waals surface area contributed by atoms with Crippen LogP contribution in [0.2, 0.25) is 0 Å². The summed E-state index contributed by atoms with van der Waals surface area (Å²) in [7, 11) is 0. The van der Waals surface area contributed by atoms with Crippen LogP contribution in [0.5, 0.6) is 11.5 Å². The van der Waals surface area contributed by atoms with Gasteiger partial charge in [-0.3, -0.25) is 4.79 Å². The van der Waals surface area contributed by atoms with Crippen molar-refractivity contribution in [3.05, 3.63) is 24.3 Å². The second-order valence-corrected chi connectivity index (χ2v) is 6.79. The summed E-state index contributed by atoms with van der Waals surface area (Å²) in [5, 5.41) is 8.54. The third kappa shape index (κ3) is 5.54. The molecule has 1 aromatic carbocycles. The molecule has 7 nitrogen and oxygen atoms in total. The van der Waals surface area contributed by atoms with Gasteiger partial charge in [-0.2, -0.15) is 0 Å². The van der Waals surface area contributed by atoms with Crippen molar-refractivity contribution in [1.82, 2.24) is 16.0 Å². The highest BCUT2D eigenvalue weighted by atomic mass is 16.6. The van der Waals surface area contributed by atoms with E-state index in [4.69, 9.17) is 9.47 Å². The molecule has 1 fully saturated rings. The minimum absolute atomic E-state index is 0.120. The minimum Gasteiger partial charge on any atom is -0.486 e. The topological polar surface area (TPSA) is 88.7 Å². The highest BCUT2D eigenvalue weighted by Gasteiger charge is 2.21. The lowest BCUT2D eigenvalue weighted by molar-refractivity contribution is -0.121. The minimum atomic E-state index is -0.212. The predicted octanol–water partition coefficient (Wildman–Crippen LogP) is 1.96. The van der Waals surface area contributed by atoms with Crippen molar-refractivity contribution in [2.75, 3.05) is 19.7 Å². The Bertz CT molecular complexity index is 617. The SMILES string of the molecule is O=C(CCNC(=O)NC1CCCCC1)NCC1COc2ccccc2O1. The maximum Gasteiger partial charge on any atom is 0.315 e. The number of amides is 3. The van der Waals surface area contributed by atoms with Crippen LogP contribution in [0.15, 0.2) is 24.3 Å². The molecule has 142 valence electrons. The molecule has 1 heterocycles. The van der Waals surface area contributed by atoms with Gasteiger partial charge in [-0.15, -0.1) is 0 Å². The number of hydrogen-bond acceptors (Lipinski definition) is 4. The molecule has 1 aromatic rings. The number of ether oxygens (including phenoxy) is 2. The molecule has 1 atom stereocenters. The van der Waals surface area contributed by atoms with Crippen LogP contribution in [0.4, 0.5) is 4.79 Å². The lowest BCUT2D eigenvalue weighted by atomic mass is 9.96. The van der Waals surface area contributed by atoms with E-state index >= 15 is 0 Å². The number of fused-ring (bicyclic) bond motifs is 1. The van der Waals surface area contributed by atoms with Crippen LogP contribution in [0, 0.1) is 0 Å². The largest absolute Gasteiger partial charge is 0.486 e. The van der Waals surface area contributed by atoms with E-state index in [0.717, 1.165) is 18.6 Å². The number of carbonyl (C=O) groups excluding carboxylic acids is 2. The Labute approximate surface area is 153 Å². The average molecular weight is 361 g/mol. The van der Waals surface area contributed by atoms with Crippen LogP contribution in [0.25, 0.3) is 0 Å². The van der Waals surface area contributed by atoms with Crippen LogP contribution >= 0.6 is 0 Å². The second kappa shape index (κ2) is 9.31. The number of para-hydroxylation sites is 2. The summed E-state index contributed by atoms with van der Waals surface area (Å²) < 4.78 is 11.4. The van der Waals surface area contributed by atoms with Gasteiger partial charge in [-0.25, -0.2) is 4.79 Å². The zero-order valence-electron chi connectivity index (χ0n) is 15.0. The first-order valence-corrected chi connectivity index (χ1v) is 9.40. The molecule has 1 unspecified atom stereocenters. The molecule has 1 saturated carbocycles. The number of hydrogen-bond donors (Lipinski definition) is 3. The van der Waals surface area contributed by atoms with Crippen LogP contribution in [0.3, 0.4) is 0 Å². The summed E-state index contributed by atoms with van der Waals surface area (Å²) in [6, 6.07) is 7.55. The van der Waals surface area contributed by atoms with E-state index < -0.39 is 0 Å². The molecule has 26 heavy (non-hydrogen) atoms. The van der Waals surface area contributed by atoms with Crippen molar-refractivity contribution in [2.24, 2.45) is 0 Å². The van der Waals surface area contributed by atoms with Gasteiger partial charge in [0.2, 0.25) is 5.91 Å². The summed E-state index contributed by atoms with van der Waals surface area (Å²) >= 11 is 0. The van der Waals surface area contributed by atoms with Crippen molar-refractivity contribution >= 4 is 11.9 Å². The molecule has 1 aliphatic carbocycles. The fourth-order valence-electron chi connectivity index (χ4n) is 3.25. The Morgan fingerprint density at radius 2 is 1.81 bits per heavy atom. The number of nitrogens with one attached hydrogen (secondary N) is 3. The third-order valence-corrected chi connectivity index (χ3v) is 4.67. The molecule has 3 N–H and O–H groups in total. The Balaban J connectivity index is 1.28. The van der Waals surface area contributed by atoms with E-state index in [9.17, 15) is 9.59 Å². The molecule has 1 aliphatic heterocycles. The highest BCUT2D eigenvalue weighted by molar-refractivity contribution is 5.78. The van der Waals surface area contributed by atoms with Gasteiger partial charge in [0.15, 0.2) is 11.5 Å². The lowest BCUT2D eigenvalue weighted by Crippen LogP contribution is -2.44. The summed E-state index contributed by atoms with van der Waals surface area (Å²) in [5.41, 5.74) is 0. The number of rotatable bonds is 6. The van der Waals surface area contributed by atoms with E-state index in [0.29, 0.717) is 25.4 Å². The van der Waals surface area contributed by atoms with Crippen molar-refractivity contribution in [1.29, 1.82) is 0 Å². The van der Waals surface area contributed by atoms with Crippen LogP contribution in [-0.2, 0) is 4.79 Å². The maximum absolute atomic E-state index is 11.9. The lowest BCUT2D eigenvalue weighted by Gasteiger charge is -2.26. The van der Waals surface area contributed by atoms with Crippen molar-refractivity contribution in [3.8, 4) is 11.5 Å². The molecule has 3 rings (SSSR count). The van der Waals surface area contributed by atoms with Crippen LogP contribution < -0.4 is 25.4 Å². The first-order valence-electron chi connectivity index (χ1n) is 9.40. The molecule has 3 amide bonds. The second-order valence-electron chi connectivity index (χ2n) is 6.79. The first kappa shape index (κ1) is 18.4. The Morgan fingerprint density at radius 3 is 2.62 bits per heavy atom. The van der Waals surface area contributed by atoms with Gasteiger partial charge in [-0.05, 0) is 25.0 Å². The fourth-order valence-corrected chi connectivity index (χ4v) is 3.25. The van der Waals surface area contributed by atoms with E-state index in [1.807, 2.05) is 24.3 Å². The molecule has 0 saturated heterocycles. The van der Waals surface area contributed by atoms with Gasteiger partial charge in [0.25, 0.3) is 0 Å². The zero-order valence-corrected chi connectivity index (χ0v) is 15.0. The molecule has 0 bridgehead atoms. The van der Waals surface area contributed by atoms with Gasteiger partial charge >= 0.3 is 6.03 Å². The van der Waals surface area contributed by atoms with Gasteiger partial charge in [-0.1, -0.05) is 31.4 Å². The van der Waals surface area contributed by atoms with Crippen LogP contribution in [0.1, 0.15) is 38.5 Å². The number of benzene rings is 1. The van der Waals surface area contributed by atoms with Crippen LogP contribution in [-0.4, -0.2) is 43.8 Å². The molecule has 0 spiro atoms. The highest BCUT2D eigenvalue weighted by Crippen LogP contribution is 2.30. The van der Waals surface area contributed by atoms with Crippen molar-refractivity contribution in [3.63, 3.8) is 0 Å². The monoisotopic (exact) mass is 361 g/mol. The van der Waals surface area contributed by atoms with Crippen molar-refractivity contribution < 1.29 is 19.1 Å². The molecule has 0 radical (unpaired) electrons. The summed E-state index contributed by atoms with van der Waals surface area (Å²) in [6.07, 6.45) is 5.71. The van der Waals surface area contributed by atoms with Gasteiger partial charge < -0.3 is 25.4 Å².